The number of benzene rings is 2. The Labute approximate surface area is 129 Å². The molecule has 0 aliphatic carbocycles. The summed E-state index contributed by atoms with van der Waals surface area (Å²) in [4.78, 5) is 0. The Bertz CT molecular complexity index is 1010. The molecule has 0 saturated carbocycles. The van der Waals surface area contributed by atoms with E-state index in [2.05, 4.69) is 68.1 Å². The van der Waals surface area contributed by atoms with E-state index in [1.807, 2.05) is 12.1 Å². The molecule has 4 aromatic rings. The van der Waals surface area contributed by atoms with Gasteiger partial charge in [-0.2, -0.15) is 0 Å². The monoisotopic (exact) mass is 288 g/mol. The zero-order valence-electron chi connectivity index (χ0n) is 13.1. The van der Waals surface area contributed by atoms with E-state index in [1.165, 1.54) is 33.2 Å². The van der Waals surface area contributed by atoms with E-state index in [9.17, 15) is 0 Å². The molecule has 2 aromatic heterocycles. The number of fused-ring (bicyclic) bond motifs is 3. The van der Waals surface area contributed by atoms with Crippen LogP contribution in [0.1, 0.15) is 11.1 Å². The Kier molecular flexibility index (Phi) is 2.80. The van der Waals surface area contributed by atoms with Gasteiger partial charge in [0, 0.05) is 28.0 Å². The van der Waals surface area contributed by atoms with Crippen LogP contribution in [-0.2, 0) is 7.05 Å². The van der Waals surface area contributed by atoms with E-state index >= 15 is 0 Å². The maximum absolute atomic E-state index is 5.97. The second kappa shape index (κ2) is 4.70. The molecule has 2 aromatic carbocycles. The number of hydrogen-bond donors (Lipinski definition) is 0. The standard InChI is InChI=1S/C20H18NO/c1-13-8-9-18(21(3)12-13)16-11-17-15-6-4-5-7-19(15)22-20(17)10-14(16)2/h4-12H,1-3H3/q+1. The van der Waals surface area contributed by atoms with Crippen molar-refractivity contribution in [3.8, 4) is 11.3 Å². The fraction of sp³-hybridized carbons (Fsp3) is 0.150. The third-order valence-electron chi connectivity index (χ3n) is 4.28. The molecule has 0 atom stereocenters. The number of hydrogen-bond acceptors (Lipinski definition) is 1. The molecule has 22 heavy (non-hydrogen) atoms. The number of furan rings is 1. The van der Waals surface area contributed by atoms with Crippen LogP contribution in [0.25, 0.3) is 33.2 Å². The van der Waals surface area contributed by atoms with E-state index in [-0.39, 0.29) is 0 Å². The van der Waals surface area contributed by atoms with Gasteiger partial charge < -0.3 is 4.42 Å². The van der Waals surface area contributed by atoms with Crippen molar-refractivity contribution in [2.24, 2.45) is 7.05 Å². The van der Waals surface area contributed by atoms with Gasteiger partial charge in [0.2, 0.25) is 5.69 Å². The minimum absolute atomic E-state index is 0.947. The Morgan fingerprint density at radius 1 is 0.864 bits per heavy atom. The molecule has 0 fully saturated rings. The minimum Gasteiger partial charge on any atom is -0.456 e. The molecule has 0 aliphatic rings. The van der Waals surface area contributed by atoms with Crippen LogP contribution in [0, 0.1) is 13.8 Å². The second-order valence-corrected chi connectivity index (χ2v) is 5.96. The average Bonchev–Trinajstić information content (AvgIpc) is 2.84. The molecule has 4 rings (SSSR count). The molecule has 0 aliphatic heterocycles. The number of para-hydroxylation sites is 1. The summed E-state index contributed by atoms with van der Waals surface area (Å²) in [5.41, 5.74) is 6.86. The fourth-order valence-corrected chi connectivity index (χ4v) is 3.17. The summed E-state index contributed by atoms with van der Waals surface area (Å²) in [5, 5.41) is 2.35. The third-order valence-corrected chi connectivity index (χ3v) is 4.28. The van der Waals surface area contributed by atoms with Gasteiger partial charge in [0.15, 0.2) is 6.20 Å². The molecule has 0 N–H and O–H groups in total. The van der Waals surface area contributed by atoms with Gasteiger partial charge in [-0.25, -0.2) is 4.57 Å². The first kappa shape index (κ1) is 13.1. The molecule has 0 saturated heterocycles. The molecule has 2 heteroatoms. The summed E-state index contributed by atoms with van der Waals surface area (Å²) in [6.07, 6.45) is 2.16. The first-order valence-corrected chi connectivity index (χ1v) is 7.52. The number of aryl methyl sites for hydroxylation is 3. The maximum atomic E-state index is 5.97. The van der Waals surface area contributed by atoms with Crippen LogP contribution in [0.5, 0.6) is 0 Å². The van der Waals surface area contributed by atoms with Gasteiger partial charge in [0.1, 0.15) is 18.2 Å². The van der Waals surface area contributed by atoms with E-state index in [0.717, 1.165) is 11.2 Å². The lowest BCUT2D eigenvalue weighted by Crippen LogP contribution is -2.31. The Balaban J connectivity index is 2.05. The molecular formula is C20H18NO+. The predicted molar refractivity (Wildman–Crippen MR) is 89.8 cm³/mol. The van der Waals surface area contributed by atoms with E-state index in [4.69, 9.17) is 4.42 Å². The summed E-state index contributed by atoms with van der Waals surface area (Å²) < 4.78 is 8.15. The molecule has 108 valence electrons. The van der Waals surface area contributed by atoms with Gasteiger partial charge in [-0.3, -0.25) is 0 Å². The van der Waals surface area contributed by atoms with E-state index in [1.54, 1.807) is 0 Å². The molecule has 0 spiro atoms. The summed E-state index contributed by atoms with van der Waals surface area (Å²) in [5.74, 6) is 0. The highest BCUT2D eigenvalue weighted by Gasteiger charge is 2.16. The molecule has 2 heterocycles. The lowest BCUT2D eigenvalue weighted by atomic mass is 10.0. The smallest absolute Gasteiger partial charge is 0.212 e. The number of pyridine rings is 1. The van der Waals surface area contributed by atoms with Crippen LogP contribution < -0.4 is 4.57 Å². The van der Waals surface area contributed by atoms with E-state index < -0.39 is 0 Å². The number of aromatic nitrogens is 1. The maximum Gasteiger partial charge on any atom is 0.212 e. The molecule has 0 unspecified atom stereocenters. The first-order chi connectivity index (χ1) is 10.6. The predicted octanol–water partition coefficient (Wildman–Crippen LogP) is 4.69. The van der Waals surface area contributed by atoms with Crippen LogP contribution in [0.15, 0.2) is 59.1 Å². The Morgan fingerprint density at radius 3 is 2.50 bits per heavy atom. The van der Waals surface area contributed by atoms with Gasteiger partial charge in [0.05, 0.1) is 0 Å². The lowest BCUT2D eigenvalue weighted by molar-refractivity contribution is -0.660. The van der Waals surface area contributed by atoms with Crippen molar-refractivity contribution in [1.82, 2.24) is 0 Å². The van der Waals surface area contributed by atoms with Crippen LogP contribution >= 0.6 is 0 Å². The van der Waals surface area contributed by atoms with Gasteiger partial charge in [-0.15, -0.1) is 0 Å². The molecule has 0 amide bonds. The summed E-state index contributed by atoms with van der Waals surface area (Å²) in [7, 11) is 2.10. The summed E-state index contributed by atoms with van der Waals surface area (Å²) in [6, 6.07) is 17.0. The second-order valence-electron chi connectivity index (χ2n) is 5.96. The fourth-order valence-electron chi connectivity index (χ4n) is 3.17. The van der Waals surface area contributed by atoms with Gasteiger partial charge in [0.25, 0.3) is 0 Å². The minimum atomic E-state index is 0.947. The van der Waals surface area contributed by atoms with Crippen LogP contribution in [-0.4, -0.2) is 0 Å². The number of nitrogens with zero attached hydrogens (tertiary/aromatic N) is 1. The first-order valence-electron chi connectivity index (χ1n) is 7.52. The Hall–Kier alpha value is -2.61. The summed E-state index contributed by atoms with van der Waals surface area (Å²) >= 11 is 0. The van der Waals surface area contributed by atoms with Crippen molar-refractivity contribution in [2.75, 3.05) is 0 Å². The SMILES string of the molecule is Cc1ccc(-c2cc3c(cc2C)oc2ccccc23)[n+](C)c1. The van der Waals surface area contributed by atoms with E-state index in [0.29, 0.717) is 0 Å². The topological polar surface area (TPSA) is 17.0 Å². The number of rotatable bonds is 1. The van der Waals surface area contributed by atoms with Crippen LogP contribution in [0.4, 0.5) is 0 Å². The molecular weight excluding hydrogens is 270 g/mol. The van der Waals surface area contributed by atoms with Crippen molar-refractivity contribution in [3.63, 3.8) is 0 Å². The zero-order chi connectivity index (χ0) is 15.3. The highest BCUT2D eigenvalue weighted by Crippen LogP contribution is 2.33. The van der Waals surface area contributed by atoms with Crippen LogP contribution in [0.3, 0.4) is 0 Å². The molecule has 0 radical (unpaired) electrons. The summed E-state index contributed by atoms with van der Waals surface area (Å²) in [6.45, 7) is 4.26. The van der Waals surface area contributed by atoms with Gasteiger partial charge in [-0.1, -0.05) is 18.2 Å². The average molecular weight is 288 g/mol. The van der Waals surface area contributed by atoms with Crippen molar-refractivity contribution in [1.29, 1.82) is 0 Å². The molecule has 0 bridgehead atoms. The van der Waals surface area contributed by atoms with Gasteiger partial charge in [-0.05, 0) is 43.7 Å². The van der Waals surface area contributed by atoms with Crippen molar-refractivity contribution in [3.05, 3.63) is 65.9 Å². The highest BCUT2D eigenvalue weighted by atomic mass is 16.3. The van der Waals surface area contributed by atoms with Crippen molar-refractivity contribution < 1.29 is 8.98 Å². The third kappa shape index (κ3) is 1.92. The molecule has 2 nitrogen and oxygen atoms in total. The van der Waals surface area contributed by atoms with Crippen molar-refractivity contribution >= 4 is 21.9 Å². The van der Waals surface area contributed by atoms with Crippen LogP contribution in [0.2, 0.25) is 0 Å². The lowest BCUT2D eigenvalue weighted by Gasteiger charge is -2.05. The largest absolute Gasteiger partial charge is 0.456 e. The quantitative estimate of drug-likeness (QED) is 0.464. The Morgan fingerprint density at radius 2 is 1.68 bits per heavy atom. The van der Waals surface area contributed by atoms with Crippen molar-refractivity contribution in [2.45, 2.75) is 13.8 Å². The normalized spacial score (nSPS) is 11.4. The highest BCUT2D eigenvalue weighted by molar-refractivity contribution is 6.06. The van der Waals surface area contributed by atoms with Gasteiger partial charge >= 0.3 is 0 Å². The zero-order valence-corrected chi connectivity index (χ0v) is 13.1.